The third-order valence-electron chi connectivity index (χ3n) is 4.08. The van der Waals surface area contributed by atoms with Crippen LogP contribution >= 0.6 is 0 Å². The number of hydrogen-bond donors (Lipinski definition) is 4. The second-order valence-corrected chi connectivity index (χ2v) is 8.92. The van der Waals surface area contributed by atoms with Gasteiger partial charge in [0.05, 0.1) is 23.8 Å². The molecule has 0 aliphatic carbocycles. The molecule has 170 valence electrons. The zero-order chi connectivity index (χ0) is 23.0. The number of benzene rings is 2. The van der Waals surface area contributed by atoms with E-state index in [-0.39, 0.29) is 18.0 Å². The maximum absolute atomic E-state index is 12.6. The van der Waals surface area contributed by atoms with Gasteiger partial charge in [0, 0.05) is 18.3 Å². The molecule has 0 amide bonds. The summed E-state index contributed by atoms with van der Waals surface area (Å²) >= 11 is 0. The molecule has 0 fully saturated rings. The number of ether oxygens (including phenoxy) is 1. The van der Waals surface area contributed by atoms with Gasteiger partial charge >= 0.3 is 5.97 Å². The van der Waals surface area contributed by atoms with Gasteiger partial charge in [-0.1, -0.05) is 38.1 Å². The van der Waals surface area contributed by atoms with E-state index in [1.807, 2.05) is 13.8 Å². The largest absolute Gasteiger partial charge is 0.453 e. The van der Waals surface area contributed by atoms with E-state index in [4.69, 9.17) is 15.2 Å². The van der Waals surface area contributed by atoms with Crippen LogP contribution in [-0.4, -0.2) is 49.0 Å². The van der Waals surface area contributed by atoms with E-state index < -0.39 is 22.1 Å². The quantitative estimate of drug-likeness (QED) is 0.299. The number of carbonyl (C=O) groups is 1. The third-order valence-corrected chi connectivity index (χ3v) is 4.69. The van der Waals surface area contributed by atoms with E-state index in [1.165, 1.54) is 0 Å². The molecule has 11 heteroatoms. The van der Waals surface area contributed by atoms with Gasteiger partial charge in [0.2, 0.25) is 10.0 Å². The highest BCUT2D eigenvalue weighted by molar-refractivity contribution is 7.92. The smallest absolute Gasteiger partial charge is 0.338 e. The molecule has 0 saturated carbocycles. The lowest BCUT2D eigenvalue weighted by Gasteiger charge is -2.21. The molecule has 0 radical (unpaired) electrons. The number of rotatable bonds is 11. The molecule has 10 nitrogen and oxygen atoms in total. The molecule has 0 saturated heterocycles. The lowest BCUT2D eigenvalue weighted by atomic mass is 10.1. The summed E-state index contributed by atoms with van der Waals surface area (Å²) in [7, 11) is -3.39. The molecule has 1 unspecified atom stereocenters. The van der Waals surface area contributed by atoms with Crippen LogP contribution in [-0.2, 0) is 26.2 Å². The highest BCUT2D eigenvalue weighted by atomic mass is 32.2. The third kappa shape index (κ3) is 9.00. The fraction of sp³-hybridized carbons (Fsp3) is 0.350. The number of esters is 1. The van der Waals surface area contributed by atoms with Gasteiger partial charge in [0.15, 0.2) is 0 Å². The van der Waals surface area contributed by atoms with Gasteiger partial charge in [0.1, 0.15) is 6.10 Å². The van der Waals surface area contributed by atoms with Crippen molar-refractivity contribution in [2.75, 3.05) is 17.5 Å². The Morgan fingerprint density at radius 1 is 1.06 bits per heavy atom. The SMILES string of the molecule is CC(C)NCC(OC(=O)c1ccc(CON(O)O)cc1)c1ccc(NS(C)(=O)=O)cc1. The van der Waals surface area contributed by atoms with Crippen LogP contribution in [0, 0.1) is 0 Å². The molecule has 1 atom stereocenters. The normalized spacial score (nSPS) is 12.7. The Hall–Kier alpha value is -2.54. The van der Waals surface area contributed by atoms with Gasteiger partial charge in [-0.2, -0.15) is 0 Å². The fourth-order valence-electron chi connectivity index (χ4n) is 2.62. The standard InChI is InChI=1S/C20H27N3O7S/c1-14(2)21-12-19(16-8-10-18(11-9-16)22-31(3,27)28)30-20(24)17-6-4-15(5-7-17)13-29-23(25)26/h4-11,14,19,21-22,25-26H,12-13H2,1-3H3. The first-order valence-corrected chi connectivity index (χ1v) is 11.3. The summed E-state index contributed by atoms with van der Waals surface area (Å²) in [6.07, 6.45) is 0.474. The Morgan fingerprint density at radius 2 is 1.68 bits per heavy atom. The van der Waals surface area contributed by atoms with E-state index in [2.05, 4.69) is 14.9 Å². The van der Waals surface area contributed by atoms with Crippen molar-refractivity contribution in [3.05, 3.63) is 65.2 Å². The summed E-state index contributed by atoms with van der Waals surface area (Å²) in [5, 5.41) is 20.0. The van der Waals surface area contributed by atoms with Gasteiger partial charge in [0.25, 0.3) is 0 Å². The van der Waals surface area contributed by atoms with Crippen LogP contribution in [0.25, 0.3) is 0 Å². The minimum Gasteiger partial charge on any atom is -0.453 e. The molecule has 0 aliphatic heterocycles. The van der Waals surface area contributed by atoms with Crippen LogP contribution in [0.4, 0.5) is 5.69 Å². The van der Waals surface area contributed by atoms with Gasteiger partial charge < -0.3 is 10.1 Å². The lowest BCUT2D eigenvalue weighted by molar-refractivity contribution is -0.497. The number of nitrogens with zero attached hydrogens (tertiary/aromatic N) is 1. The number of carbonyl (C=O) groups excluding carboxylic acids is 1. The van der Waals surface area contributed by atoms with Crippen molar-refractivity contribution in [1.82, 2.24) is 10.7 Å². The van der Waals surface area contributed by atoms with E-state index in [0.29, 0.717) is 28.9 Å². The van der Waals surface area contributed by atoms with E-state index in [0.717, 1.165) is 6.26 Å². The predicted octanol–water partition coefficient (Wildman–Crippen LogP) is 2.47. The van der Waals surface area contributed by atoms with Crippen LogP contribution in [0.2, 0.25) is 0 Å². The van der Waals surface area contributed by atoms with Crippen LogP contribution < -0.4 is 10.0 Å². The second kappa shape index (κ2) is 11.2. The van der Waals surface area contributed by atoms with Crippen LogP contribution in [0.15, 0.2) is 48.5 Å². The van der Waals surface area contributed by atoms with Crippen molar-refractivity contribution in [3.8, 4) is 0 Å². The summed E-state index contributed by atoms with van der Waals surface area (Å²) in [4.78, 5) is 17.2. The number of hydrogen-bond acceptors (Lipinski definition) is 9. The van der Waals surface area contributed by atoms with Crippen LogP contribution in [0.3, 0.4) is 0 Å². The monoisotopic (exact) mass is 453 g/mol. The summed E-state index contributed by atoms with van der Waals surface area (Å²) in [5.74, 6) is -0.535. The van der Waals surface area contributed by atoms with Crippen molar-refractivity contribution >= 4 is 21.7 Å². The molecule has 2 rings (SSSR count). The first kappa shape index (κ1) is 24.7. The molecular weight excluding hydrogens is 426 g/mol. The van der Waals surface area contributed by atoms with Crippen molar-refractivity contribution in [3.63, 3.8) is 0 Å². The predicted molar refractivity (Wildman–Crippen MR) is 113 cm³/mol. The summed E-state index contributed by atoms with van der Waals surface area (Å²) < 4.78 is 30.8. The van der Waals surface area contributed by atoms with Gasteiger partial charge in [-0.3, -0.25) is 15.1 Å². The van der Waals surface area contributed by atoms with Crippen LogP contribution in [0.1, 0.15) is 41.4 Å². The zero-order valence-corrected chi connectivity index (χ0v) is 18.3. The molecule has 0 bridgehead atoms. The van der Waals surface area contributed by atoms with E-state index in [9.17, 15) is 13.2 Å². The van der Waals surface area contributed by atoms with Gasteiger partial charge in [-0.25, -0.2) is 18.0 Å². The minimum absolute atomic E-state index is 0.0862. The molecule has 0 aromatic heterocycles. The Morgan fingerprint density at radius 3 is 2.19 bits per heavy atom. The molecule has 0 spiro atoms. The molecule has 2 aromatic rings. The van der Waals surface area contributed by atoms with Gasteiger partial charge in [-0.05, 0) is 35.4 Å². The Labute approximate surface area is 181 Å². The van der Waals surface area contributed by atoms with Crippen molar-refractivity contribution < 1.29 is 33.2 Å². The number of sulfonamides is 1. The molecule has 31 heavy (non-hydrogen) atoms. The highest BCUT2D eigenvalue weighted by Crippen LogP contribution is 2.22. The van der Waals surface area contributed by atoms with Crippen molar-refractivity contribution in [1.29, 1.82) is 0 Å². The number of anilines is 1. The summed E-state index contributed by atoms with van der Waals surface area (Å²) in [5.41, 5.74) is 2.06. The zero-order valence-electron chi connectivity index (χ0n) is 17.5. The van der Waals surface area contributed by atoms with Gasteiger partial charge in [-0.15, -0.1) is 0 Å². The second-order valence-electron chi connectivity index (χ2n) is 7.18. The Kier molecular flexibility index (Phi) is 8.92. The first-order chi connectivity index (χ1) is 14.5. The Bertz CT molecular complexity index is 946. The maximum Gasteiger partial charge on any atom is 0.338 e. The van der Waals surface area contributed by atoms with E-state index in [1.54, 1.807) is 48.5 Å². The lowest BCUT2D eigenvalue weighted by Crippen LogP contribution is -2.30. The number of nitrogens with one attached hydrogen (secondary N) is 2. The maximum atomic E-state index is 12.6. The Balaban J connectivity index is 2.11. The topological polar surface area (TPSA) is 137 Å². The summed E-state index contributed by atoms with van der Waals surface area (Å²) in [6, 6.07) is 13.1. The van der Waals surface area contributed by atoms with E-state index >= 15 is 0 Å². The minimum atomic E-state index is -3.39. The van der Waals surface area contributed by atoms with Crippen LogP contribution in [0.5, 0.6) is 0 Å². The van der Waals surface area contributed by atoms with Crippen molar-refractivity contribution in [2.45, 2.75) is 32.6 Å². The van der Waals surface area contributed by atoms with Crippen molar-refractivity contribution in [2.24, 2.45) is 0 Å². The highest BCUT2D eigenvalue weighted by Gasteiger charge is 2.19. The molecule has 0 heterocycles. The molecular formula is C20H27N3O7S. The molecule has 4 N–H and O–H groups in total. The first-order valence-electron chi connectivity index (χ1n) is 9.45. The summed E-state index contributed by atoms with van der Waals surface area (Å²) in [6.45, 7) is 4.23. The molecule has 0 aliphatic rings. The average molecular weight is 454 g/mol. The fourth-order valence-corrected chi connectivity index (χ4v) is 3.18. The molecule has 2 aromatic carbocycles. The average Bonchev–Trinajstić information content (AvgIpc) is 2.69.